The Morgan fingerprint density at radius 2 is 2.00 bits per heavy atom. The molecule has 1 saturated heterocycles. The summed E-state index contributed by atoms with van der Waals surface area (Å²) in [7, 11) is 1.80. The summed E-state index contributed by atoms with van der Waals surface area (Å²) in [5, 5.41) is 7.55. The van der Waals surface area contributed by atoms with Crippen LogP contribution in [0.5, 0.6) is 0 Å². The van der Waals surface area contributed by atoms with Crippen LogP contribution in [0.15, 0.2) is 29.3 Å². The summed E-state index contributed by atoms with van der Waals surface area (Å²) < 4.78 is 10.9. The number of halogens is 1. The Bertz CT molecular complexity index is 533. The lowest BCUT2D eigenvalue weighted by Crippen LogP contribution is -2.46. The summed E-state index contributed by atoms with van der Waals surface area (Å²) in [6, 6.07) is 8.35. The third-order valence-corrected chi connectivity index (χ3v) is 4.64. The first-order valence-electron chi connectivity index (χ1n) is 9.34. The minimum absolute atomic E-state index is 0.248. The van der Waals surface area contributed by atoms with Crippen LogP contribution in [0.25, 0.3) is 0 Å². The number of morpholine rings is 1. The summed E-state index contributed by atoms with van der Waals surface area (Å²) in [4.78, 5) is 6.77. The maximum absolute atomic E-state index is 6.06. The van der Waals surface area contributed by atoms with E-state index >= 15 is 0 Å². The van der Waals surface area contributed by atoms with Crippen LogP contribution in [0.1, 0.15) is 24.9 Å². The quantitative estimate of drug-likeness (QED) is 0.390. The lowest BCUT2D eigenvalue weighted by molar-refractivity contribution is 0.0170. The number of ether oxygens (including phenoxy) is 2. The highest BCUT2D eigenvalue weighted by Crippen LogP contribution is 2.23. The van der Waals surface area contributed by atoms with Crippen LogP contribution >= 0.6 is 11.6 Å². The number of hydrogen-bond donors (Lipinski definition) is 2. The Labute approximate surface area is 161 Å². The van der Waals surface area contributed by atoms with Gasteiger partial charge < -0.3 is 20.1 Å². The molecule has 1 aliphatic heterocycles. The molecular weight excluding hydrogens is 352 g/mol. The van der Waals surface area contributed by atoms with E-state index in [9.17, 15) is 0 Å². The van der Waals surface area contributed by atoms with Crippen LogP contribution in [-0.4, -0.2) is 70.5 Å². The van der Waals surface area contributed by atoms with Crippen LogP contribution in [0.2, 0.25) is 5.02 Å². The lowest BCUT2D eigenvalue weighted by Gasteiger charge is -2.35. The van der Waals surface area contributed by atoms with Crippen molar-refractivity contribution >= 4 is 17.6 Å². The van der Waals surface area contributed by atoms with Crippen molar-refractivity contribution in [1.29, 1.82) is 0 Å². The molecule has 0 spiro atoms. The van der Waals surface area contributed by atoms with Crippen LogP contribution < -0.4 is 10.6 Å². The first kappa shape index (κ1) is 21.0. The smallest absolute Gasteiger partial charge is 0.191 e. The molecule has 146 valence electrons. The van der Waals surface area contributed by atoms with E-state index in [2.05, 4.69) is 32.7 Å². The molecule has 2 rings (SSSR count). The van der Waals surface area contributed by atoms with Crippen LogP contribution in [0.4, 0.5) is 0 Å². The first-order chi connectivity index (χ1) is 12.7. The molecule has 0 aromatic heterocycles. The maximum Gasteiger partial charge on any atom is 0.191 e. The molecule has 1 aliphatic rings. The summed E-state index contributed by atoms with van der Waals surface area (Å²) in [5.74, 6) is 0.814. The highest BCUT2D eigenvalue weighted by Gasteiger charge is 2.22. The molecule has 1 heterocycles. The van der Waals surface area contributed by atoms with Crippen molar-refractivity contribution in [1.82, 2.24) is 15.5 Å². The molecule has 6 nitrogen and oxygen atoms in total. The summed E-state index contributed by atoms with van der Waals surface area (Å²) in [5.41, 5.74) is 1.25. The standard InChI is InChI=1S/C19H31ClN4O2/c1-3-25-12-4-9-22-19(21-2)23-15-18(24-10-13-26-14-11-24)16-5-7-17(20)8-6-16/h5-8,18H,3-4,9-15H2,1-2H3,(H2,21,22,23). The van der Waals surface area contributed by atoms with E-state index in [4.69, 9.17) is 21.1 Å². The zero-order chi connectivity index (χ0) is 18.6. The van der Waals surface area contributed by atoms with Crippen molar-refractivity contribution in [3.8, 4) is 0 Å². The molecule has 1 unspecified atom stereocenters. The zero-order valence-corrected chi connectivity index (χ0v) is 16.6. The number of aliphatic imine (C=N–C) groups is 1. The summed E-state index contributed by atoms with van der Waals surface area (Å²) >= 11 is 6.06. The predicted molar refractivity (Wildman–Crippen MR) is 107 cm³/mol. The molecule has 0 radical (unpaired) electrons. The molecule has 1 fully saturated rings. The fourth-order valence-corrected chi connectivity index (χ4v) is 3.10. The largest absolute Gasteiger partial charge is 0.382 e. The van der Waals surface area contributed by atoms with Gasteiger partial charge in [-0.25, -0.2) is 0 Å². The monoisotopic (exact) mass is 382 g/mol. The Morgan fingerprint density at radius 1 is 1.27 bits per heavy atom. The van der Waals surface area contributed by atoms with E-state index in [0.29, 0.717) is 0 Å². The summed E-state index contributed by atoms with van der Waals surface area (Å²) in [6.45, 7) is 8.54. The molecule has 1 atom stereocenters. The van der Waals surface area contributed by atoms with Gasteiger partial charge in [0.2, 0.25) is 0 Å². The number of benzene rings is 1. The topological polar surface area (TPSA) is 58.1 Å². The van der Waals surface area contributed by atoms with Crippen LogP contribution in [0.3, 0.4) is 0 Å². The van der Waals surface area contributed by atoms with Gasteiger partial charge in [-0.3, -0.25) is 9.89 Å². The van der Waals surface area contributed by atoms with Gasteiger partial charge in [-0.05, 0) is 31.0 Å². The third kappa shape index (κ3) is 7.11. The van der Waals surface area contributed by atoms with E-state index in [1.165, 1.54) is 5.56 Å². The van der Waals surface area contributed by atoms with Crippen molar-refractivity contribution in [2.75, 3.05) is 59.7 Å². The van der Waals surface area contributed by atoms with Crippen molar-refractivity contribution in [3.63, 3.8) is 0 Å². The Balaban J connectivity index is 1.91. The van der Waals surface area contributed by atoms with Gasteiger partial charge in [-0.15, -0.1) is 0 Å². The van der Waals surface area contributed by atoms with Crippen molar-refractivity contribution in [3.05, 3.63) is 34.9 Å². The van der Waals surface area contributed by atoms with E-state index in [1.807, 2.05) is 19.1 Å². The van der Waals surface area contributed by atoms with Gasteiger partial charge in [-0.2, -0.15) is 0 Å². The Morgan fingerprint density at radius 3 is 2.65 bits per heavy atom. The van der Waals surface area contributed by atoms with Gasteiger partial charge in [0, 0.05) is 51.5 Å². The molecule has 7 heteroatoms. The number of guanidine groups is 1. The molecule has 0 saturated carbocycles. The minimum atomic E-state index is 0.248. The van der Waals surface area contributed by atoms with Crippen molar-refractivity contribution in [2.45, 2.75) is 19.4 Å². The Kier molecular flexibility index (Phi) is 9.77. The average molecular weight is 383 g/mol. The van der Waals surface area contributed by atoms with Gasteiger partial charge in [0.05, 0.1) is 19.3 Å². The third-order valence-electron chi connectivity index (χ3n) is 4.39. The molecule has 1 aromatic rings. The second-order valence-corrected chi connectivity index (χ2v) is 6.58. The van der Waals surface area contributed by atoms with Gasteiger partial charge in [-0.1, -0.05) is 23.7 Å². The highest BCUT2D eigenvalue weighted by molar-refractivity contribution is 6.30. The van der Waals surface area contributed by atoms with E-state index < -0.39 is 0 Å². The molecule has 1 aromatic carbocycles. The van der Waals surface area contributed by atoms with Crippen LogP contribution in [-0.2, 0) is 9.47 Å². The second kappa shape index (κ2) is 12.1. The van der Waals surface area contributed by atoms with Gasteiger partial charge in [0.25, 0.3) is 0 Å². The second-order valence-electron chi connectivity index (χ2n) is 6.15. The molecular formula is C19H31ClN4O2. The van der Waals surface area contributed by atoms with Crippen molar-refractivity contribution in [2.24, 2.45) is 4.99 Å². The van der Waals surface area contributed by atoms with Gasteiger partial charge in [0.15, 0.2) is 5.96 Å². The number of rotatable bonds is 9. The van der Waals surface area contributed by atoms with Crippen molar-refractivity contribution < 1.29 is 9.47 Å². The zero-order valence-electron chi connectivity index (χ0n) is 15.8. The fraction of sp³-hybridized carbons (Fsp3) is 0.632. The first-order valence-corrected chi connectivity index (χ1v) is 9.72. The average Bonchev–Trinajstić information content (AvgIpc) is 2.68. The molecule has 26 heavy (non-hydrogen) atoms. The van der Waals surface area contributed by atoms with E-state index in [1.54, 1.807) is 7.05 Å². The molecule has 0 bridgehead atoms. The normalized spacial score (nSPS) is 17.1. The predicted octanol–water partition coefficient (Wildman–Crippen LogP) is 2.30. The molecule has 0 aliphatic carbocycles. The number of nitrogens with one attached hydrogen (secondary N) is 2. The molecule has 2 N–H and O–H groups in total. The molecule has 0 amide bonds. The minimum Gasteiger partial charge on any atom is -0.382 e. The fourth-order valence-electron chi connectivity index (χ4n) is 2.97. The van der Waals surface area contributed by atoms with E-state index in [-0.39, 0.29) is 6.04 Å². The SMILES string of the molecule is CCOCCCNC(=NC)NCC(c1ccc(Cl)cc1)N1CCOCC1. The number of hydrogen-bond acceptors (Lipinski definition) is 4. The van der Waals surface area contributed by atoms with Gasteiger partial charge in [0.1, 0.15) is 0 Å². The lowest BCUT2D eigenvalue weighted by atomic mass is 10.0. The highest BCUT2D eigenvalue weighted by atomic mass is 35.5. The Hall–Kier alpha value is -1.34. The van der Waals surface area contributed by atoms with Gasteiger partial charge >= 0.3 is 0 Å². The number of nitrogens with zero attached hydrogens (tertiary/aromatic N) is 2. The van der Waals surface area contributed by atoms with E-state index in [0.717, 1.165) is 70.0 Å². The summed E-state index contributed by atoms with van der Waals surface area (Å²) in [6.07, 6.45) is 0.957. The maximum atomic E-state index is 6.06. The van der Waals surface area contributed by atoms with Crippen LogP contribution in [0, 0.1) is 0 Å².